The number of ether oxygens (including phenoxy) is 2. The summed E-state index contributed by atoms with van der Waals surface area (Å²) in [5.41, 5.74) is 4.66. The Hall–Kier alpha value is -2.49. The minimum absolute atomic E-state index is 0.264. The third-order valence-electron chi connectivity index (χ3n) is 8.07. The number of carbonyl (C=O) groups is 2. The Morgan fingerprint density at radius 1 is 0.837 bits per heavy atom. The molecule has 10 nitrogen and oxygen atoms in total. The van der Waals surface area contributed by atoms with Crippen LogP contribution in [-0.4, -0.2) is 75.9 Å². The van der Waals surface area contributed by atoms with E-state index in [-0.39, 0.29) is 12.2 Å². The second-order valence-corrected chi connectivity index (χ2v) is 14.8. The van der Waals surface area contributed by atoms with Crippen LogP contribution in [0.15, 0.2) is 6.07 Å². The van der Waals surface area contributed by atoms with Crippen molar-refractivity contribution in [3.63, 3.8) is 0 Å². The van der Waals surface area contributed by atoms with E-state index >= 15 is 0 Å². The van der Waals surface area contributed by atoms with Gasteiger partial charge in [0, 0.05) is 38.8 Å². The standard InChI is InChI=1S/C32H55ClN6O4/c1-31(2,3)42-29(40)38(21-24-11-8-7-9-12-24)17-10-18-39(30(41)43-32(4,5)6)22-25-15-13-23(14-16-25)20-35-28-36-26(33)19-27(34)37-28/h19,23-25H,7-18,20-22H2,1-6H3,(H3,34,35,36,37). The highest BCUT2D eigenvalue weighted by molar-refractivity contribution is 6.29. The highest BCUT2D eigenvalue weighted by atomic mass is 35.5. The Morgan fingerprint density at radius 3 is 1.81 bits per heavy atom. The summed E-state index contributed by atoms with van der Waals surface area (Å²) in [6.45, 7) is 14.6. The molecule has 0 aliphatic heterocycles. The van der Waals surface area contributed by atoms with E-state index in [0.29, 0.717) is 67.3 Å². The third kappa shape index (κ3) is 13.4. The van der Waals surface area contributed by atoms with Crippen molar-refractivity contribution in [3.05, 3.63) is 11.2 Å². The van der Waals surface area contributed by atoms with Crippen LogP contribution in [0.3, 0.4) is 0 Å². The summed E-state index contributed by atoms with van der Waals surface area (Å²) in [5, 5.41) is 3.60. The Labute approximate surface area is 263 Å². The molecule has 2 fully saturated rings. The van der Waals surface area contributed by atoms with E-state index < -0.39 is 11.2 Å². The van der Waals surface area contributed by atoms with E-state index in [4.69, 9.17) is 26.8 Å². The molecule has 2 aliphatic rings. The van der Waals surface area contributed by atoms with Crippen molar-refractivity contribution in [1.82, 2.24) is 19.8 Å². The predicted octanol–water partition coefficient (Wildman–Crippen LogP) is 7.38. The molecule has 1 aromatic rings. The average Bonchev–Trinajstić information content (AvgIpc) is 2.89. The molecule has 2 aliphatic carbocycles. The quantitative estimate of drug-likeness (QED) is 0.245. The summed E-state index contributed by atoms with van der Waals surface area (Å²) in [6.07, 6.45) is 10.3. The van der Waals surface area contributed by atoms with E-state index in [1.165, 1.54) is 25.3 Å². The summed E-state index contributed by atoms with van der Waals surface area (Å²) >= 11 is 6.00. The molecule has 0 bridgehead atoms. The van der Waals surface area contributed by atoms with E-state index in [1.54, 1.807) is 0 Å². The fourth-order valence-electron chi connectivity index (χ4n) is 5.98. The van der Waals surface area contributed by atoms with E-state index in [0.717, 1.165) is 45.1 Å². The monoisotopic (exact) mass is 622 g/mol. The molecule has 2 amide bonds. The predicted molar refractivity (Wildman–Crippen MR) is 172 cm³/mol. The van der Waals surface area contributed by atoms with Crippen LogP contribution in [0.4, 0.5) is 21.4 Å². The number of rotatable bonds is 11. The molecule has 1 heterocycles. The van der Waals surface area contributed by atoms with Gasteiger partial charge in [0.05, 0.1) is 0 Å². The largest absolute Gasteiger partial charge is 0.444 e. The minimum atomic E-state index is -0.575. The first-order chi connectivity index (χ1) is 20.2. The molecule has 2 saturated carbocycles. The summed E-state index contributed by atoms with van der Waals surface area (Å²) in [6, 6.07) is 1.53. The first kappa shape index (κ1) is 35.0. The summed E-state index contributed by atoms with van der Waals surface area (Å²) in [7, 11) is 0. The van der Waals surface area contributed by atoms with Crippen LogP contribution in [-0.2, 0) is 9.47 Å². The van der Waals surface area contributed by atoms with Gasteiger partial charge in [-0.15, -0.1) is 0 Å². The smallest absolute Gasteiger partial charge is 0.410 e. The molecule has 1 aromatic heterocycles. The zero-order chi connectivity index (χ0) is 31.6. The van der Waals surface area contributed by atoms with Gasteiger partial charge in [-0.2, -0.15) is 4.98 Å². The van der Waals surface area contributed by atoms with Crippen LogP contribution in [0.1, 0.15) is 106 Å². The maximum Gasteiger partial charge on any atom is 0.410 e. The lowest BCUT2D eigenvalue weighted by Gasteiger charge is -2.35. The van der Waals surface area contributed by atoms with Gasteiger partial charge in [-0.3, -0.25) is 0 Å². The normalized spacial score (nSPS) is 19.9. The molecular formula is C32H55ClN6O4. The Morgan fingerprint density at radius 2 is 1.33 bits per heavy atom. The highest BCUT2D eigenvalue weighted by Gasteiger charge is 2.29. The van der Waals surface area contributed by atoms with Crippen molar-refractivity contribution in [1.29, 1.82) is 0 Å². The molecule has 3 N–H and O–H groups in total. The van der Waals surface area contributed by atoms with Crippen molar-refractivity contribution < 1.29 is 19.1 Å². The number of aromatic nitrogens is 2. The summed E-state index contributed by atoms with van der Waals surface area (Å²) < 4.78 is 11.6. The fraction of sp³-hybridized carbons (Fsp3) is 0.812. The van der Waals surface area contributed by atoms with Crippen molar-refractivity contribution >= 4 is 35.6 Å². The molecule has 0 spiro atoms. The average molecular weight is 623 g/mol. The van der Waals surface area contributed by atoms with Crippen molar-refractivity contribution in [2.24, 2.45) is 17.8 Å². The van der Waals surface area contributed by atoms with Gasteiger partial charge in [0.25, 0.3) is 0 Å². The number of nitrogens with one attached hydrogen (secondary N) is 1. The molecule has 0 saturated heterocycles. The van der Waals surface area contributed by atoms with Crippen LogP contribution in [0.2, 0.25) is 5.15 Å². The second kappa shape index (κ2) is 16.0. The molecule has 0 unspecified atom stereocenters. The lowest BCUT2D eigenvalue weighted by molar-refractivity contribution is 0.0153. The van der Waals surface area contributed by atoms with Crippen molar-refractivity contribution in [3.8, 4) is 0 Å². The molecule has 3 rings (SSSR count). The van der Waals surface area contributed by atoms with Gasteiger partial charge in [-0.25, -0.2) is 14.6 Å². The number of hydrogen-bond acceptors (Lipinski definition) is 8. The molecule has 0 radical (unpaired) electrons. The lowest BCUT2D eigenvalue weighted by Crippen LogP contribution is -2.44. The number of anilines is 2. The number of hydrogen-bond donors (Lipinski definition) is 2. The van der Waals surface area contributed by atoms with E-state index in [1.807, 2.05) is 51.3 Å². The van der Waals surface area contributed by atoms with Crippen molar-refractivity contribution in [2.45, 2.75) is 117 Å². The molecule has 0 atom stereocenters. The zero-order valence-corrected chi connectivity index (χ0v) is 28.0. The van der Waals surface area contributed by atoms with Crippen LogP contribution in [0.5, 0.6) is 0 Å². The fourth-order valence-corrected chi connectivity index (χ4v) is 6.17. The van der Waals surface area contributed by atoms with Crippen LogP contribution < -0.4 is 11.1 Å². The minimum Gasteiger partial charge on any atom is -0.444 e. The second-order valence-electron chi connectivity index (χ2n) is 14.4. The number of halogens is 1. The maximum absolute atomic E-state index is 13.3. The Balaban J connectivity index is 1.55. The Bertz CT molecular complexity index is 1010. The third-order valence-corrected chi connectivity index (χ3v) is 8.26. The number of nitrogen functional groups attached to an aromatic ring is 1. The first-order valence-electron chi connectivity index (χ1n) is 16.2. The summed E-state index contributed by atoms with van der Waals surface area (Å²) in [4.78, 5) is 38.5. The first-order valence-corrected chi connectivity index (χ1v) is 16.5. The number of nitrogens with zero attached hydrogens (tertiary/aromatic N) is 4. The van der Waals surface area contributed by atoms with Crippen LogP contribution in [0, 0.1) is 17.8 Å². The van der Waals surface area contributed by atoms with Crippen molar-refractivity contribution in [2.75, 3.05) is 43.8 Å². The van der Waals surface area contributed by atoms with Crippen LogP contribution in [0.25, 0.3) is 0 Å². The molecule has 0 aromatic carbocycles. The van der Waals surface area contributed by atoms with Gasteiger partial charge in [-0.05, 0) is 104 Å². The lowest BCUT2D eigenvalue weighted by atomic mass is 9.81. The van der Waals surface area contributed by atoms with Gasteiger partial charge in [0.1, 0.15) is 22.2 Å². The van der Waals surface area contributed by atoms with E-state index in [9.17, 15) is 9.59 Å². The number of amides is 2. The van der Waals surface area contributed by atoms with Crippen LogP contribution >= 0.6 is 11.6 Å². The Kier molecular flexibility index (Phi) is 13.0. The molecular weight excluding hydrogens is 568 g/mol. The highest BCUT2D eigenvalue weighted by Crippen LogP contribution is 2.30. The van der Waals surface area contributed by atoms with Gasteiger partial charge in [0.2, 0.25) is 5.95 Å². The molecule has 11 heteroatoms. The summed E-state index contributed by atoms with van der Waals surface area (Å²) in [5.74, 6) is 2.18. The van der Waals surface area contributed by atoms with Gasteiger partial charge in [-0.1, -0.05) is 30.9 Å². The van der Waals surface area contributed by atoms with E-state index in [2.05, 4.69) is 15.3 Å². The SMILES string of the molecule is CC(C)(C)OC(=O)N(CCCN(CC1CCC(CNc2nc(N)cc(Cl)n2)CC1)C(=O)OC(C)(C)C)CC1CCCCC1. The number of nitrogens with two attached hydrogens (primary N) is 1. The number of carbonyl (C=O) groups excluding carboxylic acids is 2. The topological polar surface area (TPSA) is 123 Å². The maximum atomic E-state index is 13.3. The van der Waals surface area contributed by atoms with Gasteiger partial charge in [0.15, 0.2) is 0 Å². The zero-order valence-electron chi connectivity index (χ0n) is 27.3. The van der Waals surface area contributed by atoms with Gasteiger partial charge < -0.3 is 30.3 Å². The molecule has 43 heavy (non-hydrogen) atoms. The van der Waals surface area contributed by atoms with Gasteiger partial charge >= 0.3 is 12.2 Å². The molecule has 244 valence electrons.